The Morgan fingerprint density at radius 2 is 1.68 bits per heavy atom. The van der Waals surface area contributed by atoms with Gasteiger partial charge in [0.05, 0.1) is 0 Å². The van der Waals surface area contributed by atoms with Gasteiger partial charge in [-0.15, -0.1) is 0 Å². The van der Waals surface area contributed by atoms with E-state index in [0.717, 1.165) is 28.0 Å². The maximum absolute atomic E-state index is 12.2. The normalized spacial score (nSPS) is 15.8. The summed E-state index contributed by atoms with van der Waals surface area (Å²) in [7, 11) is 0. The molecule has 0 spiro atoms. The molecule has 2 aromatic rings. The number of carbonyl (C=O) groups is 1. The minimum Gasteiger partial charge on any atom is -0.321 e. The van der Waals surface area contributed by atoms with Crippen LogP contribution >= 0.6 is 0 Å². The van der Waals surface area contributed by atoms with Crippen molar-refractivity contribution >= 4 is 23.2 Å². The van der Waals surface area contributed by atoms with Crippen LogP contribution in [0.4, 0.5) is 5.69 Å². The molecule has 1 aliphatic heterocycles. The zero-order chi connectivity index (χ0) is 15.9. The van der Waals surface area contributed by atoms with E-state index in [0.29, 0.717) is 0 Å². The SMILES string of the molecule is Cc1ccc2c(c1)/C(=C/c1ccc(C(C)(C)C)cc1)C(=O)N2. The van der Waals surface area contributed by atoms with E-state index < -0.39 is 0 Å². The first-order chi connectivity index (χ1) is 10.3. The van der Waals surface area contributed by atoms with Crippen LogP contribution in [0.2, 0.25) is 0 Å². The van der Waals surface area contributed by atoms with E-state index in [4.69, 9.17) is 0 Å². The van der Waals surface area contributed by atoms with E-state index in [9.17, 15) is 4.79 Å². The second-order valence-corrected chi connectivity index (χ2v) is 6.93. The summed E-state index contributed by atoms with van der Waals surface area (Å²) < 4.78 is 0. The van der Waals surface area contributed by atoms with Gasteiger partial charge in [0, 0.05) is 16.8 Å². The number of aryl methyl sites for hydroxylation is 1. The first-order valence-electron chi connectivity index (χ1n) is 7.59. The molecule has 2 heteroatoms. The second-order valence-electron chi connectivity index (χ2n) is 6.93. The molecule has 0 bridgehead atoms. The summed E-state index contributed by atoms with van der Waals surface area (Å²) in [6, 6.07) is 14.5. The van der Waals surface area contributed by atoms with Crippen molar-refractivity contribution in [1.29, 1.82) is 0 Å². The highest BCUT2D eigenvalue weighted by Crippen LogP contribution is 2.34. The molecule has 22 heavy (non-hydrogen) atoms. The van der Waals surface area contributed by atoms with Crippen molar-refractivity contribution in [3.8, 4) is 0 Å². The number of carbonyl (C=O) groups excluding carboxylic acids is 1. The van der Waals surface area contributed by atoms with Crippen LogP contribution in [0.1, 0.15) is 43.0 Å². The number of anilines is 1. The summed E-state index contributed by atoms with van der Waals surface area (Å²) in [5.74, 6) is -0.0273. The van der Waals surface area contributed by atoms with Gasteiger partial charge >= 0.3 is 0 Å². The average molecular weight is 291 g/mol. The van der Waals surface area contributed by atoms with Crippen LogP contribution in [0, 0.1) is 6.92 Å². The van der Waals surface area contributed by atoms with Crippen LogP contribution in [0.3, 0.4) is 0 Å². The fourth-order valence-electron chi connectivity index (χ4n) is 2.69. The Kier molecular flexibility index (Phi) is 3.40. The van der Waals surface area contributed by atoms with Crippen molar-refractivity contribution in [2.75, 3.05) is 5.32 Å². The molecular weight excluding hydrogens is 270 g/mol. The lowest BCUT2D eigenvalue weighted by atomic mass is 9.86. The van der Waals surface area contributed by atoms with Crippen LogP contribution < -0.4 is 5.32 Å². The van der Waals surface area contributed by atoms with E-state index in [1.165, 1.54) is 5.56 Å². The molecule has 0 radical (unpaired) electrons. The standard InChI is InChI=1S/C20H21NO/c1-13-5-10-18-16(11-13)17(19(22)21-18)12-14-6-8-15(9-7-14)20(2,3)4/h5-12H,1-4H3,(H,21,22)/b17-12-. The highest BCUT2D eigenvalue weighted by Gasteiger charge is 2.23. The molecule has 1 N–H and O–H groups in total. The zero-order valence-electron chi connectivity index (χ0n) is 13.5. The van der Waals surface area contributed by atoms with Crippen LogP contribution in [0.5, 0.6) is 0 Å². The van der Waals surface area contributed by atoms with Crippen molar-refractivity contribution in [2.24, 2.45) is 0 Å². The molecule has 0 atom stereocenters. The number of rotatable bonds is 1. The lowest BCUT2D eigenvalue weighted by Gasteiger charge is -2.18. The topological polar surface area (TPSA) is 29.1 Å². The largest absolute Gasteiger partial charge is 0.321 e. The predicted molar refractivity (Wildman–Crippen MR) is 92.8 cm³/mol. The maximum atomic E-state index is 12.2. The molecule has 0 aliphatic carbocycles. The summed E-state index contributed by atoms with van der Waals surface area (Å²) in [6.45, 7) is 8.64. The zero-order valence-corrected chi connectivity index (χ0v) is 13.5. The molecule has 0 saturated carbocycles. The molecule has 0 aromatic heterocycles. The molecule has 0 fully saturated rings. The van der Waals surface area contributed by atoms with Crippen LogP contribution in [-0.4, -0.2) is 5.91 Å². The van der Waals surface area contributed by atoms with Gasteiger partial charge in [0.15, 0.2) is 0 Å². The summed E-state index contributed by atoms with van der Waals surface area (Å²) in [6.07, 6.45) is 1.97. The van der Waals surface area contributed by atoms with Gasteiger partial charge < -0.3 is 5.32 Å². The molecule has 1 aliphatic rings. The third kappa shape index (κ3) is 2.69. The number of benzene rings is 2. The molecular formula is C20H21NO. The number of hydrogen-bond donors (Lipinski definition) is 1. The van der Waals surface area contributed by atoms with E-state index in [-0.39, 0.29) is 11.3 Å². The van der Waals surface area contributed by atoms with Gasteiger partial charge in [0.2, 0.25) is 0 Å². The number of fused-ring (bicyclic) bond motifs is 1. The Morgan fingerprint density at radius 3 is 2.32 bits per heavy atom. The summed E-state index contributed by atoms with van der Waals surface area (Å²) in [5.41, 5.74) is 6.26. The van der Waals surface area contributed by atoms with Crippen LogP contribution in [-0.2, 0) is 10.2 Å². The molecule has 112 valence electrons. The van der Waals surface area contributed by atoms with Gasteiger partial charge in [-0.3, -0.25) is 4.79 Å². The van der Waals surface area contributed by atoms with Crippen LogP contribution in [0.25, 0.3) is 11.6 Å². The maximum Gasteiger partial charge on any atom is 0.256 e. The van der Waals surface area contributed by atoms with Crippen molar-refractivity contribution < 1.29 is 4.79 Å². The Balaban J connectivity index is 1.99. The van der Waals surface area contributed by atoms with Crippen molar-refractivity contribution in [3.05, 3.63) is 64.7 Å². The lowest BCUT2D eigenvalue weighted by molar-refractivity contribution is -0.110. The molecule has 0 saturated heterocycles. The van der Waals surface area contributed by atoms with Gasteiger partial charge in [-0.1, -0.05) is 56.7 Å². The van der Waals surface area contributed by atoms with Gasteiger partial charge in [0.25, 0.3) is 5.91 Å². The summed E-state index contributed by atoms with van der Waals surface area (Å²) >= 11 is 0. The van der Waals surface area contributed by atoms with E-state index in [1.807, 2.05) is 25.1 Å². The Hall–Kier alpha value is -2.35. The Morgan fingerprint density at radius 1 is 1.00 bits per heavy atom. The monoisotopic (exact) mass is 291 g/mol. The van der Waals surface area contributed by atoms with E-state index in [2.05, 4.69) is 56.4 Å². The first-order valence-corrected chi connectivity index (χ1v) is 7.59. The van der Waals surface area contributed by atoms with E-state index >= 15 is 0 Å². The smallest absolute Gasteiger partial charge is 0.256 e. The molecule has 2 nitrogen and oxygen atoms in total. The van der Waals surface area contributed by atoms with E-state index in [1.54, 1.807) is 0 Å². The Labute approximate surface area is 131 Å². The van der Waals surface area contributed by atoms with Gasteiger partial charge in [-0.05, 0) is 41.7 Å². The molecule has 1 heterocycles. The highest BCUT2D eigenvalue weighted by molar-refractivity contribution is 6.34. The number of hydrogen-bond acceptors (Lipinski definition) is 1. The Bertz CT molecular complexity index is 761. The minimum atomic E-state index is -0.0273. The fraction of sp³-hybridized carbons (Fsp3) is 0.250. The average Bonchev–Trinajstić information content (AvgIpc) is 2.75. The molecule has 2 aromatic carbocycles. The molecule has 1 amide bonds. The third-order valence-electron chi connectivity index (χ3n) is 4.05. The summed E-state index contributed by atoms with van der Waals surface area (Å²) in [4.78, 5) is 12.2. The molecule has 3 rings (SSSR count). The van der Waals surface area contributed by atoms with Crippen molar-refractivity contribution in [3.63, 3.8) is 0 Å². The van der Waals surface area contributed by atoms with Crippen molar-refractivity contribution in [1.82, 2.24) is 0 Å². The number of amides is 1. The number of nitrogens with one attached hydrogen (secondary N) is 1. The molecule has 0 unspecified atom stereocenters. The second kappa shape index (κ2) is 5.13. The summed E-state index contributed by atoms with van der Waals surface area (Å²) in [5, 5.41) is 2.92. The first kappa shape index (κ1) is 14.6. The van der Waals surface area contributed by atoms with Gasteiger partial charge in [-0.25, -0.2) is 0 Å². The van der Waals surface area contributed by atoms with Crippen molar-refractivity contribution in [2.45, 2.75) is 33.1 Å². The minimum absolute atomic E-state index is 0.0273. The fourth-order valence-corrected chi connectivity index (χ4v) is 2.69. The van der Waals surface area contributed by atoms with Crippen LogP contribution in [0.15, 0.2) is 42.5 Å². The highest BCUT2D eigenvalue weighted by atomic mass is 16.2. The van der Waals surface area contributed by atoms with Gasteiger partial charge in [0.1, 0.15) is 0 Å². The quantitative estimate of drug-likeness (QED) is 0.752. The third-order valence-corrected chi connectivity index (χ3v) is 4.05. The lowest BCUT2D eigenvalue weighted by Crippen LogP contribution is -2.10. The van der Waals surface area contributed by atoms with Gasteiger partial charge in [-0.2, -0.15) is 0 Å². The predicted octanol–water partition coefficient (Wildman–Crippen LogP) is 4.79.